The van der Waals surface area contributed by atoms with E-state index < -0.39 is 0 Å². The van der Waals surface area contributed by atoms with Gasteiger partial charge in [-0.15, -0.1) is 21.5 Å². The number of carbonyl (C=O) groups excluding carboxylic acids is 1. The summed E-state index contributed by atoms with van der Waals surface area (Å²) in [5, 5.41) is 11.9. The second-order valence-electron chi connectivity index (χ2n) is 5.47. The molecule has 0 saturated carbocycles. The molecule has 1 fully saturated rings. The number of halogens is 1. The van der Waals surface area contributed by atoms with Crippen LogP contribution in [0.5, 0.6) is 0 Å². The molecule has 3 aromatic rings. The first-order chi connectivity index (χ1) is 11.2. The molecule has 6 nitrogen and oxygen atoms in total. The molecule has 1 amide bonds. The SMILES string of the molecule is O=C1NCCC1Cc1nnc(Cc2nc3ccc(Br)cc3s2)o1. The molecule has 0 radical (unpaired) electrons. The van der Waals surface area contributed by atoms with Crippen molar-refractivity contribution < 1.29 is 9.21 Å². The molecule has 23 heavy (non-hydrogen) atoms. The van der Waals surface area contributed by atoms with Crippen LogP contribution in [0, 0.1) is 5.92 Å². The van der Waals surface area contributed by atoms with Crippen molar-refractivity contribution in [3.63, 3.8) is 0 Å². The Hall–Kier alpha value is -1.80. The maximum absolute atomic E-state index is 11.6. The summed E-state index contributed by atoms with van der Waals surface area (Å²) in [4.78, 5) is 16.2. The fourth-order valence-corrected chi connectivity index (χ4v) is 4.15. The molecule has 1 atom stereocenters. The van der Waals surface area contributed by atoms with Crippen LogP contribution in [0.3, 0.4) is 0 Å². The highest BCUT2D eigenvalue weighted by molar-refractivity contribution is 9.10. The molecule has 0 aliphatic carbocycles. The van der Waals surface area contributed by atoms with Gasteiger partial charge in [0.2, 0.25) is 17.7 Å². The maximum Gasteiger partial charge on any atom is 0.223 e. The molecule has 8 heteroatoms. The summed E-state index contributed by atoms with van der Waals surface area (Å²) in [6, 6.07) is 6.01. The Labute approximate surface area is 144 Å². The number of aromatic nitrogens is 3. The molecule has 0 bridgehead atoms. The highest BCUT2D eigenvalue weighted by atomic mass is 79.9. The maximum atomic E-state index is 11.6. The molecule has 4 rings (SSSR count). The third-order valence-corrected chi connectivity index (χ3v) is 5.30. The third kappa shape index (κ3) is 3.13. The first kappa shape index (κ1) is 14.8. The summed E-state index contributed by atoms with van der Waals surface area (Å²) in [6.07, 6.45) is 1.84. The second-order valence-corrected chi connectivity index (χ2v) is 7.50. The number of fused-ring (bicyclic) bond motifs is 1. The van der Waals surface area contributed by atoms with Gasteiger partial charge in [-0.1, -0.05) is 15.9 Å². The van der Waals surface area contributed by atoms with E-state index in [4.69, 9.17) is 4.42 Å². The minimum atomic E-state index is -0.0527. The van der Waals surface area contributed by atoms with E-state index >= 15 is 0 Å². The Morgan fingerprint density at radius 3 is 3.04 bits per heavy atom. The van der Waals surface area contributed by atoms with Crippen molar-refractivity contribution in [1.29, 1.82) is 0 Å². The molecule has 1 N–H and O–H groups in total. The number of hydrogen-bond acceptors (Lipinski definition) is 6. The van der Waals surface area contributed by atoms with Crippen molar-refractivity contribution in [3.8, 4) is 0 Å². The zero-order chi connectivity index (χ0) is 15.8. The summed E-state index contributed by atoms with van der Waals surface area (Å²) >= 11 is 5.08. The molecule has 3 heterocycles. The zero-order valence-electron chi connectivity index (χ0n) is 12.1. The smallest absolute Gasteiger partial charge is 0.223 e. The highest BCUT2D eigenvalue weighted by Crippen LogP contribution is 2.27. The Morgan fingerprint density at radius 1 is 1.35 bits per heavy atom. The zero-order valence-corrected chi connectivity index (χ0v) is 14.5. The average molecular weight is 393 g/mol. The third-order valence-electron chi connectivity index (χ3n) is 3.79. The minimum Gasteiger partial charge on any atom is -0.425 e. The van der Waals surface area contributed by atoms with E-state index in [-0.39, 0.29) is 11.8 Å². The number of rotatable bonds is 4. The van der Waals surface area contributed by atoms with Gasteiger partial charge >= 0.3 is 0 Å². The fraction of sp³-hybridized carbons (Fsp3) is 0.333. The van der Waals surface area contributed by atoms with Crippen molar-refractivity contribution >= 4 is 43.4 Å². The number of amides is 1. The lowest BCUT2D eigenvalue weighted by Gasteiger charge is -2.00. The van der Waals surface area contributed by atoms with E-state index in [2.05, 4.69) is 42.5 Å². The Bertz CT molecular complexity index is 875. The quantitative estimate of drug-likeness (QED) is 0.737. The fourth-order valence-electron chi connectivity index (χ4n) is 2.64. The number of benzene rings is 1. The summed E-state index contributed by atoms with van der Waals surface area (Å²) in [7, 11) is 0. The summed E-state index contributed by atoms with van der Waals surface area (Å²) in [6.45, 7) is 0.728. The van der Waals surface area contributed by atoms with E-state index in [0.29, 0.717) is 24.6 Å². The standard InChI is InChI=1S/C15H13BrN4O2S/c16-9-1-2-10-11(6-9)23-14(18-10)7-13-20-19-12(22-13)5-8-3-4-17-15(8)21/h1-2,6,8H,3-5,7H2,(H,17,21). The van der Waals surface area contributed by atoms with Gasteiger partial charge in [-0.05, 0) is 24.6 Å². The van der Waals surface area contributed by atoms with Gasteiger partial charge in [0, 0.05) is 23.4 Å². The molecule has 1 aliphatic rings. The van der Waals surface area contributed by atoms with Crippen LogP contribution >= 0.6 is 27.3 Å². The normalized spacial score (nSPS) is 17.8. The molecule has 118 valence electrons. The van der Waals surface area contributed by atoms with Crippen molar-refractivity contribution in [2.45, 2.75) is 19.3 Å². The molecule has 1 aromatic carbocycles. The van der Waals surface area contributed by atoms with Gasteiger partial charge in [-0.2, -0.15) is 0 Å². The Morgan fingerprint density at radius 2 is 2.22 bits per heavy atom. The molecular formula is C15H13BrN4O2S. The predicted molar refractivity (Wildman–Crippen MR) is 89.2 cm³/mol. The largest absolute Gasteiger partial charge is 0.425 e. The van der Waals surface area contributed by atoms with Gasteiger partial charge in [0.25, 0.3) is 0 Å². The predicted octanol–water partition coefficient (Wildman–Crippen LogP) is 2.71. The lowest BCUT2D eigenvalue weighted by atomic mass is 10.0. The van der Waals surface area contributed by atoms with Gasteiger partial charge in [0.15, 0.2) is 0 Å². The van der Waals surface area contributed by atoms with Crippen LogP contribution in [0.2, 0.25) is 0 Å². The van der Waals surface area contributed by atoms with Crippen LogP contribution in [0.4, 0.5) is 0 Å². The van der Waals surface area contributed by atoms with Crippen LogP contribution in [0.15, 0.2) is 27.1 Å². The number of hydrogen-bond donors (Lipinski definition) is 1. The number of carbonyl (C=O) groups is 1. The van der Waals surface area contributed by atoms with E-state index in [1.165, 1.54) is 0 Å². The van der Waals surface area contributed by atoms with Crippen molar-refractivity contribution in [1.82, 2.24) is 20.5 Å². The lowest BCUT2D eigenvalue weighted by molar-refractivity contribution is -0.122. The molecular weight excluding hydrogens is 380 g/mol. The van der Waals surface area contributed by atoms with E-state index in [1.807, 2.05) is 12.1 Å². The van der Waals surface area contributed by atoms with Gasteiger partial charge in [0.05, 0.1) is 16.6 Å². The van der Waals surface area contributed by atoms with E-state index in [1.54, 1.807) is 11.3 Å². The Balaban J connectivity index is 1.48. The monoisotopic (exact) mass is 392 g/mol. The second kappa shape index (κ2) is 6.01. The van der Waals surface area contributed by atoms with Crippen LogP contribution in [0.1, 0.15) is 23.2 Å². The lowest BCUT2D eigenvalue weighted by Crippen LogP contribution is -2.20. The van der Waals surface area contributed by atoms with Gasteiger partial charge in [-0.25, -0.2) is 4.98 Å². The molecule has 2 aromatic heterocycles. The molecule has 1 saturated heterocycles. The molecule has 1 unspecified atom stereocenters. The van der Waals surface area contributed by atoms with E-state index in [9.17, 15) is 4.79 Å². The topological polar surface area (TPSA) is 80.9 Å². The number of thiazole rings is 1. The first-order valence-electron chi connectivity index (χ1n) is 7.31. The number of nitrogens with zero attached hydrogens (tertiary/aromatic N) is 3. The minimum absolute atomic E-state index is 0.0527. The van der Waals surface area contributed by atoms with Crippen molar-refractivity contribution in [2.24, 2.45) is 5.92 Å². The van der Waals surface area contributed by atoms with Gasteiger partial charge in [-0.3, -0.25) is 4.79 Å². The van der Waals surface area contributed by atoms with E-state index in [0.717, 1.165) is 32.7 Å². The van der Waals surface area contributed by atoms with Gasteiger partial charge in [0.1, 0.15) is 5.01 Å². The van der Waals surface area contributed by atoms with Crippen LogP contribution in [0.25, 0.3) is 10.2 Å². The summed E-state index contributed by atoms with van der Waals surface area (Å²) < 4.78 is 7.83. The summed E-state index contributed by atoms with van der Waals surface area (Å²) in [5.74, 6) is 1.08. The van der Waals surface area contributed by atoms with Crippen LogP contribution < -0.4 is 5.32 Å². The average Bonchev–Trinajstić information content (AvgIpc) is 3.21. The Kier molecular flexibility index (Phi) is 3.86. The highest BCUT2D eigenvalue weighted by Gasteiger charge is 2.26. The number of nitrogens with one attached hydrogen (secondary N) is 1. The summed E-state index contributed by atoms with van der Waals surface area (Å²) in [5.41, 5.74) is 0.968. The molecule has 1 aliphatic heterocycles. The molecule has 0 spiro atoms. The van der Waals surface area contributed by atoms with Crippen molar-refractivity contribution in [3.05, 3.63) is 39.5 Å². The van der Waals surface area contributed by atoms with Crippen molar-refractivity contribution in [2.75, 3.05) is 6.54 Å². The van der Waals surface area contributed by atoms with Gasteiger partial charge < -0.3 is 9.73 Å². The van der Waals surface area contributed by atoms with Crippen LogP contribution in [-0.4, -0.2) is 27.6 Å². The van der Waals surface area contributed by atoms with Crippen LogP contribution in [-0.2, 0) is 17.6 Å². The first-order valence-corrected chi connectivity index (χ1v) is 8.92.